The van der Waals surface area contributed by atoms with Crippen LogP contribution in [0.3, 0.4) is 0 Å². The van der Waals surface area contributed by atoms with Crippen LogP contribution in [-0.4, -0.2) is 63.0 Å². The van der Waals surface area contributed by atoms with Gasteiger partial charge in [0, 0.05) is 31.9 Å². The summed E-state index contributed by atoms with van der Waals surface area (Å²) in [4.78, 5) is 35.9. The van der Waals surface area contributed by atoms with E-state index in [0.29, 0.717) is 12.2 Å². The molecule has 0 spiro atoms. The number of hydrogen-bond donors (Lipinski definition) is 1. The van der Waals surface area contributed by atoms with E-state index in [1.54, 1.807) is 32.9 Å². The smallest absolute Gasteiger partial charge is 0.451 e. The molecule has 0 aromatic carbocycles. The molecule has 0 aliphatic carbocycles. The number of furan rings is 1. The lowest BCUT2D eigenvalue weighted by atomic mass is 10.1. The number of alkyl halides is 3. The van der Waals surface area contributed by atoms with Gasteiger partial charge in [-0.25, -0.2) is 14.8 Å². The number of ether oxygens (including phenoxy) is 1. The van der Waals surface area contributed by atoms with E-state index in [1.165, 1.54) is 16.1 Å². The molecule has 1 aliphatic rings. The molecule has 9 nitrogen and oxygen atoms in total. The molecular formula is C22H28F3N5O4. The molecule has 0 radical (unpaired) electrons. The number of nitrogens with one attached hydrogen (secondary N) is 1. The molecule has 1 saturated heterocycles. The van der Waals surface area contributed by atoms with E-state index in [1.807, 2.05) is 6.92 Å². The maximum Gasteiger partial charge on any atom is 0.451 e. The Hall–Kier alpha value is -3.31. The Kier molecular flexibility index (Phi) is 7.37. The van der Waals surface area contributed by atoms with Crippen molar-refractivity contribution in [1.29, 1.82) is 0 Å². The number of rotatable bonds is 5. The van der Waals surface area contributed by atoms with Crippen molar-refractivity contribution in [2.24, 2.45) is 0 Å². The van der Waals surface area contributed by atoms with E-state index in [2.05, 4.69) is 15.3 Å². The van der Waals surface area contributed by atoms with E-state index < -0.39 is 29.6 Å². The highest BCUT2D eigenvalue weighted by Gasteiger charge is 2.38. The van der Waals surface area contributed by atoms with Crippen molar-refractivity contribution < 1.29 is 31.9 Å². The van der Waals surface area contributed by atoms with Gasteiger partial charge in [0.1, 0.15) is 22.7 Å². The molecule has 12 heteroatoms. The van der Waals surface area contributed by atoms with Gasteiger partial charge in [0.05, 0.1) is 12.8 Å². The Morgan fingerprint density at radius 1 is 1.26 bits per heavy atom. The average Bonchev–Trinajstić information content (AvgIpc) is 3.28. The van der Waals surface area contributed by atoms with Crippen molar-refractivity contribution >= 4 is 17.8 Å². The van der Waals surface area contributed by atoms with Crippen LogP contribution in [0, 0.1) is 0 Å². The minimum absolute atomic E-state index is 0.0330. The van der Waals surface area contributed by atoms with E-state index in [9.17, 15) is 22.8 Å². The normalized spacial score (nSPS) is 17.0. The van der Waals surface area contributed by atoms with Gasteiger partial charge in [-0.1, -0.05) is 6.92 Å². The summed E-state index contributed by atoms with van der Waals surface area (Å²) >= 11 is 0. The maximum atomic E-state index is 13.4. The molecule has 2 aromatic rings. The summed E-state index contributed by atoms with van der Waals surface area (Å²) in [7, 11) is 0. The Labute approximate surface area is 195 Å². The average molecular weight is 483 g/mol. The van der Waals surface area contributed by atoms with Crippen LogP contribution in [-0.2, 0) is 17.5 Å². The Morgan fingerprint density at radius 3 is 2.59 bits per heavy atom. The van der Waals surface area contributed by atoms with Crippen LogP contribution in [0.1, 0.15) is 56.1 Å². The van der Waals surface area contributed by atoms with Gasteiger partial charge < -0.3 is 24.3 Å². The lowest BCUT2D eigenvalue weighted by molar-refractivity contribution is -0.144. The fraction of sp³-hybridized carbons (Fsp3) is 0.545. The molecule has 186 valence electrons. The predicted molar refractivity (Wildman–Crippen MR) is 116 cm³/mol. The van der Waals surface area contributed by atoms with Crippen molar-refractivity contribution in [3.8, 4) is 0 Å². The number of amides is 2. The van der Waals surface area contributed by atoms with Gasteiger partial charge in [0.2, 0.25) is 5.82 Å². The van der Waals surface area contributed by atoms with Gasteiger partial charge in [-0.2, -0.15) is 13.2 Å². The first-order chi connectivity index (χ1) is 15.9. The standard InChI is InChI=1S/C22H28F3N5O4/c1-5-14-13-29(20(32)34-21(2,3)4)8-9-30(14)18(31)16-12-27-19(22(23,24)25)28-17(16)26-11-15-7-6-10-33-15/h6-7,10,12,14H,5,8-9,11,13H2,1-4H3,(H,26,27,28). The third-order valence-electron chi connectivity index (χ3n) is 5.15. The van der Waals surface area contributed by atoms with Crippen LogP contribution in [0.4, 0.5) is 23.8 Å². The number of aromatic nitrogens is 2. The summed E-state index contributed by atoms with van der Waals surface area (Å²) in [5.74, 6) is -1.66. The molecule has 3 rings (SSSR count). The highest BCUT2D eigenvalue weighted by Crippen LogP contribution is 2.29. The summed E-state index contributed by atoms with van der Waals surface area (Å²) in [6, 6.07) is 2.93. The minimum Gasteiger partial charge on any atom is -0.467 e. The lowest BCUT2D eigenvalue weighted by Gasteiger charge is -2.41. The van der Waals surface area contributed by atoms with Crippen molar-refractivity contribution in [3.63, 3.8) is 0 Å². The van der Waals surface area contributed by atoms with Crippen LogP contribution in [0.25, 0.3) is 0 Å². The molecule has 1 aliphatic heterocycles. The van der Waals surface area contributed by atoms with E-state index >= 15 is 0 Å². The number of halogens is 3. The quantitative estimate of drug-likeness (QED) is 0.681. The molecule has 1 fully saturated rings. The summed E-state index contributed by atoms with van der Waals surface area (Å²) in [5, 5.41) is 2.76. The Bertz CT molecular complexity index is 1000. The van der Waals surface area contributed by atoms with Gasteiger partial charge >= 0.3 is 12.3 Å². The molecule has 1 atom stereocenters. The summed E-state index contributed by atoms with van der Waals surface area (Å²) in [6.07, 6.45) is -2.40. The minimum atomic E-state index is -4.77. The molecule has 1 N–H and O–H groups in total. The predicted octanol–water partition coefficient (Wildman–Crippen LogP) is 4.17. The van der Waals surface area contributed by atoms with Gasteiger partial charge in [-0.05, 0) is 39.3 Å². The SMILES string of the molecule is CCC1CN(C(=O)OC(C)(C)C)CCN1C(=O)c1cnc(C(F)(F)F)nc1NCc1ccco1. The van der Waals surface area contributed by atoms with E-state index in [0.717, 1.165) is 6.20 Å². The van der Waals surface area contributed by atoms with Gasteiger partial charge in [0.25, 0.3) is 5.91 Å². The summed E-state index contributed by atoms with van der Waals surface area (Å²) in [6.45, 7) is 7.86. The Morgan fingerprint density at radius 2 is 2.00 bits per heavy atom. The molecule has 34 heavy (non-hydrogen) atoms. The second kappa shape index (κ2) is 9.90. The highest BCUT2D eigenvalue weighted by atomic mass is 19.4. The topological polar surface area (TPSA) is 101 Å². The van der Waals surface area contributed by atoms with Gasteiger partial charge in [-0.15, -0.1) is 0 Å². The van der Waals surface area contributed by atoms with E-state index in [4.69, 9.17) is 9.15 Å². The van der Waals surface area contributed by atoms with Crippen LogP contribution in [0.2, 0.25) is 0 Å². The van der Waals surface area contributed by atoms with E-state index in [-0.39, 0.29) is 43.6 Å². The monoisotopic (exact) mass is 483 g/mol. The molecule has 2 amide bonds. The van der Waals surface area contributed by atoms with Crippen molar-refractivity contribution in [1.82, 2.24) is 19.8 Å². The first-order valence-electron chi connectivity index (χ1n) is 10.9. The molecule has 3 heterocycles. The van der Waals surface area contributed by atoms with Crippen molar-refractivity contribution in [2.75, 3.05) is 25.0 Å². The van der Waals surface area contributed by atoms with Crippen molar-refractivity contribution in [2.45, 2.75) is 58.5 Å². The van der Waals surface area contributed by atoms with Crippen LogP contribution >= 0.6 is 0 Å². The van der Waals surface area contributed by atoms with Crippen LogP contribution in [0.5, 0.6) is 0 Å². The lowest BCUT2D eigenvalue weighted by Crippen LogP contribution is -2.57. The number of piperazine rings is 1. The number of anilines is 1. The number of carbonyl (C=O) groups excluding carboxylic acids is 2. The first-order valence-corrected chi connectivity index (χ1v) is 10.9. The zero-order chi connectivity index (χ0) is 25.1. The number of hydrogen-bond acceptors (Lipinski definition) is 7. The summed E-state index contributed by atoms with van der Waals surface area (Å²) in [5.41, 5.74) is -0.749. The van der Waals surface area contributed by atoms with Gasteiger partial charge in [0.15, 0.2) is 0 Å². The molecule has 2 aromatic heterocycles. The highest BCUT2D eigenvalue weighted by molar-refractivity contribution is 5.98. The molecule has 0 bridgehead atoms. The largest absolute Gasteiger partial charge is 0.467 e. The third kappa shape index (κ3) is 6.17. The second-order valence-electron chi connectivity index (χ2n) is 8.87. The maximum absolute atomic E-state index is 13.4. The fourth-order valence-electron chi connectivity index (χ4n) is 3.51. The molecule has 0 saturated carbocycles. The first kappa shape index (κ1) is 25.3. The number of nitrogens with zero attached hydrogens (tertiary/aromatic N) is 4. The molecule has 1 unspecified atom stereocenters. The number of carbonyl (C=O) groups is 2. The summed E-state index contributed by atoms with van der Waals surface area (Å²) < 4.78 is 50.2. The second-order valence-corrected chi connectivity index (χ2v) is 8.87. The van der Waals surface area contributed by atoms with Crippen LogP contribution in [0.15, 0.2) is 29.0 Å². The Balaban J connectivity index is 1.82. The van der Waals surface area contributed by atoms with Gasteiger partial charge in [-0.3, -0.25) is 4.79 Å². The zero-order valence-electron chi connectivity index (χ0n) is 19.5. The third-order valence-corrected chi connectivity index (χ3v) is 5.15. The van der Waals surface area contributed by atoms with Crippen molar-refractivity contribution in [3.05, 3.63) is 41.7 Å². The molecular weight excluding hydrogens is 455 g/mol. The van der Waals surface area contributed by atoms with Crippen LogP contribution < -0.4 is 5.32 Å². The zero-order valence-corrected chi connectivity index (χ0v) is 19.5. The fourth-order valence-corrected chi connectivity index (χ4v) is 3.51.